The third-order valence-corrected chi connectivity index (χ3v) is 4.11. The van der Waals surface area contributed by atoms with Crippen molar-refractivity contribution in [1.29, 1.82) is 0 Å². The van der Waals surface area contributed by atoms with Gasteiger partial charge in [0.15, 0.2) is 0 Å². The Morgan fingerprint density at radius 3 is 2.62 bits per heavy atom. The summed E-state index contributed by atoms with van der Waals surface area (Å²) in [6, 6.07) is -1.40. The zero-order valence-electron chi connectivity index (χ0n) is 12.2. The van der Waals surface area contributed by atoms with Gasteiger partial charge in [-0.25, -0.2) is 9.59 Å². The quantitative estimate of drug-likeness (QED) is 0.645. The van der Waals surface area contributed by atoms with Gasteiger partial charge in [0.1, 0.15) is 6.04 Å². The Morgan fingerprint density at radius 2 is 1.95 bits per heavy atom. The SMILES string of the molecule is O=C(O)[C@@H]1CC(O)CN1C(=O)NCCOC1CCCCC1. The summed E-state index contributed by atoms with van der Waals surface area (Å²) in [4.78, 5) is 24.2. The minimum atomic E-state index is -1.08. The first-order valence-corrected chi connectivity index (χ1v) is 7.65. The van der Waals surface area contributed by atoms with E-state index in [-0.39, 0.29) is 19.1 Å². The van der Waals surface area contributed by atoms with Crippen molar-refractivity contribution in [3.05, 3.63) is 0 Å². The van der Waals surface area contributed by atoms with Crippen LogP contribution in [-0.2, 0) is 9.53 Å². The number of likely N-dealkylation sites (tertiary alicyclic amines) is 1. The van der Waals surface area contributed by atoms with E-state index in [1.54, 1.807) is 0 Å². The molecule has 2 fully saturated rings. The summed E-state index contributed by atoms with van der Waals surface area (Å²) in [5.74, 6) is -1.08. The van der Waals surface area contributed by atoms with Gasteiger partial charge in [-0.3, -0.25) is 0 Å². The molecular weight excluding hydrogens is 276 g/mol. The minimum absolute atomic E-state index is 0.0618. The number of urea groups is 1. The van der Waals surface area contributed by atoms with Crippen LogP contribution in [0.1, 0.15) is 38.5 Å². The average Bonchev–Trinajstić information content (AvgIpc) is 2.87. The van der Waals surface area contributed by atoms with Gasteiger partial charge in [-0.2, -0.15) is 0 Å². The third-order valence-electron chi connectivity index (χ3n) is 4.11. The number of ether oxygens (including phenoxy) is 1. The molecule has 120 valence electrons. The first kappa shape index (κ1) is 16.0. The predicted octanol–water partition coefficient (Wildman–Crippen LogP) is 0.565. The lowest BCUT2D eigenvalue weighted by molar-refractivity contribution is -0.141. The highest BCUT2D eigenvalue weighted by Crippen LogP contribution is 2.20. The zero-order valence-corrected chi connectivity index (χ0v) is 12.2. The second-order valence-electron chi connectivity index (χ2n) is 5.76. The van der Waals surface area contributed by atoms with E-state index in [1.165, 1.54) is 24.2 Å². The van der Waals surface area contributed by atoms with Crippen molar-refractivity contribution in [1.82, 2.24) is 10.2 Å². The van der Waals surface area contributed by atoms with Gasteiger partial charge >= 0.3 is 12.0 Å². The number of carboxylic acid groups (broad SMARTS) is 1. The Bertz CT molecular complexity index is 370. The Balaban J connectivity index is 1.67. The molecule has 3 N–H and O–H groups in total. The lowest BCUT2D eigenvalue weighted by Gasteiger charge is -2.23. The van der Waals surface area contributed by atoms with Crippen molar-refractivity contribution in [2.24, 2.45) is 0 Å². The molecule has 0 aromatic carbocycles. The Kier molecular flexibility index (Phi) is 5.81. The van der Waals surface area contributed by atoms with Crippen LogP contribution in [-0.4, -0.2) is 65.1 Å². The molecule has 0 aromatic heterocycles. The monoisotopic (exact) mass is 300 g/mol. The molecule has 0 spiro atoms. The maximum absolute atomic E-state index is 11.9. The van der Waals surface area contributed by atoms with Gasteiger partial charge in [-0.1, -0.05) is 19.3 Å². The van der Waals surface area contributed by atoms with E-state index in [0.29, 0.717) is 13.2 Å². The highest BCUT2D eigenvalue weighted by molar-refractivity contribution is 5.83. The van der Waals surface area contributed by atoms with Crippen molar-refractivity contribution < 1.29 is 24.5 Å². The number of nitrogens with zero attached hydrogens (tertiary/aromatic N) is 1. The molecule has 2 aliphatic rings. The molecule has 1 aliphatic heterocycles. The first-order valence-electron chi connectivity index (χ1n) is 7.65. The number of hydrogen-bond acceptors (Lipinski definition) is 4. The van der Waals surface area contributed by atoms with Crippen LogP contribution < -0.4 is 5.32 Å². The second kappa shape index (κ2) is 7.61. The highest BCUT2D eigenvalue weighted by atomic mass is 16.5. The largest absolute Gasteiger partial charge is 0.480 e. The Hall–Kier alpha value is -1.34. The number of hydrogen-bond donors (Lipinski definition) is 3. The van der Waals surface area contributed by atoms with Crippen LogP contribution in [0.3, 0.4) is 0 Å². The fourth-order valence-corrected chi connectivity index (χ4v) is 2.99. The lowest BCUT2D eigenvalue weighted by atomic mass is 9.98. The molecule has 2 amide bonds. The topological polar surface area (TPSA) is 99.1 Å². The molecule has 0 bridgehead atoms. The standard InChI is InChI=1S/C14H24N2O5/c17-10-8-12(13(18)19)16(9-10)14(20)15-6-7-21-11-4-2-1-3-5-11/h10-12,17H,1-9H2,(H,15,20)(H,18,19)/t10?,12-/m0/s1. The van der Waals surface area contributed by atoms with Crippen LogP contribution in [0.2, 0.25) is 0 Å². The van der Waals surface area contributed by atoms with Crippen LogP contribution in [0.5, 0.6) is 0 Å². The number of β-amino-alcohol motifs (C(OH)–C–C–N with tert-alkyl or cyclic N) is 1. The molecule has 1 aliphatic carbocycles. The highest BCUT2D eigenvalue weighted by Gasteiger charge is 2.38. The lowest BCUT2D eigenvalue weighted by Crippen LogP contribution is -2.47. The molecular formula is C14H24N2O5. The molecule has 2 rings (SSSR count). The molecule has 0 aromatic rings. The van der Waals surface area contributed by atoms with Gasteiger partial charge in [0, 0.05) is 19.5 Å². The predicted molar refractivity (Wildman–Crippen MR) is 75.0 cm³/mol. The van der Waals surface area contributed by atoms with Gasteiger partial charge < -0.3 is 25.2 Å². The molecule has 7 nitrogen and oxygen atoms in total. The summed E-state index contributed by atoms with van der Waals surface area (Å²) >= 11 is 0. The zero-order chi connectivity index (χ0) is 15.2. The number of carboxylic acids is 1. The normalized spacial score (nSPS) is 26.8. The van der Waals surface area contributed by atoms with E-state index >= 15 is 0 Å². The number of amides is 2. The maximum Gasteiger partial charge on any atom is 0.326 e. The fourth-order valence-electron chi connectivity index (χ4n) is 2.99. The molecule has 0 radical (unpaired) electrons. The van der Waals surface area contributed by atoms with Crippen molar-refractivity contribution in [3.8, 4) is 0 Å². The van der Waals surface area contributed by atoms with Crippen molar-refractivity contribution >= 4 is 12.0 Å². The first-order chi connectivity index (χ1) is 10.1. The smallest absolute Gasteiger partial charge is 0.326 e. The number of aliphatic hydroxyl groups is 1. The molecule has 1 saturated carbocycles. The number of nitrogens with one attached hydrogen (secondary N) is 1. The van der Waals surface area contributed by atoms with E-state index in [9.17, 15) is 14.7 Å². The van der Waals surface area contributed by atoms with Crippen molar-refractivity contribution in [3.63, 3.8) is 0 Å². The summed E-state index contributed by atoms with van der Waals surface area (Å²) < 4.78 is 5.69. The molecule has 21 heavy (non-hydrogen) atoms. The average molecular weight is 300 g/mol. The van der Waals surface area contributed by atoms with E-state index in [4.69, 9.17) is 9.84 Å². The van der Waals surface area contributed by atoms with Gasteiger partial charge in [0.05, 0.1) is 18.8 Å². The number of carbonyl (C=O) groups excluding carboxylic acids is 1. The molecule has 2 atom stereocenters. The van der Waals surface area contributed by atoms with E-state index in [1.807, 2.05) is 0 Å². The summed E-state index contributed by atoms with van der Waals surface area (Å²) in [7, 11) is 0. The molecule has 1 unspecified atom stereocenters. The van der Waals surface area contributed by atoms with E-state index < -0.39 is 24.1 Å². The van der Waals surface area contributed by atoms with E-state index in [0.717, 1.165) is 12.8 Å². The van der Waals surface area contributed by atoms with Crippen LogP contribution in [0.25, 0.3) is 0 Å². The van der Waals surface area contributed by atoms with Gasteiger partial charge in [-0.05, 0) is 12.8 Å². The number of aliphatic hydroxyl groups excluding tert-OH is 1. The Morgan fingerprint density at radius 1 is 1.24 bits per heavy atom. The maximum atomic E-state index is 11.9. The van der Waals surface area contributed by atoms with Crippen molar-refractivity contribution in [2.45, 2.75) is 56.8 Å². The van der Waals surface area contributed by atoms with Crippen LogP contribution in [0.4, 0.5) is 4.79 Å². The van der Waals surface area contributed by atoms with Crippen LogP contribution in [0.15, 0.2) is 0 Å². The van der Waals surface area contributed by atoms with Gasteiger partial charge in [-0.15, -0.1) is 0 Å². The van der Waals surface area contributed by atoms with Crippen LogP contribution in [0, 0.1) is 0 Å². The summed E-state index contributed by atoms with van der Waals surface area (Å²) in [5, 5.41) is 21.2. The van der Waals surface area contributed by atoms with Crippen LogP contribution >= 0.6 is 0 Å². The molecule has 7 heteroatoms. The molecule has 1 saturated heterocycles. The Labute approximate surface area is 124 Å². The van der Waals surface area contributed by atoms with E-state index in [2.05, 4.69) is 5.32 Å². The third kappa shape index (κ3) is 4.57. The van der Waals surface area contributed by atoms with Gasteiger partial charge in [0.2, 0.25) is 0 Å². The number of carbonyl (C=O) groups is 2. The minimum Gasteiger partial charge on any atom is -0.480 e. The summed E-state index contributed by atoms with van der Waals surface area (Å²) in [5.41, 5.74) is 0. The summed E-state index contributed by atoms with van der Waals surface area (Å²) in [6.07, 6.45) is 5.42. The summed E-state index contributed by atoms with van der Waals surface area (Å²) in [6.45, 7) is 0.852. The van der Waals surface area contributed by atoms with Crippen molar-refractivity contribution in [2.75, 3.05) is 19.7 Å². The second-order valence-corrected chi connectivity index (χ2v) is 5.76. The van der Waals surface area contributed by atoms with Gasteiger partial charge in [0.25, 0.3) is 0 Å². The number of aliphatic carboxylic acids is 1. The number of rotatable bonds is 5. The fraction of sp³-hybridized carbons (Fsp3) is 0.857. The molecule has 1 heterocycles.